The van der Waals surface area contributed by atoms with Crippen molar-refractivity contribution in [3.63, 3.8) is 0 Å². The number of primary amides is 1. The summed E-state index contributed by atoms with van der Waals surface area (Å²) in [5.74, 6) is -1.52. The monoisotopic (exact) mass is 574 g/mol. The van der Waals surface area contributed by atoms with E-state index < -0.39 is 41.5 Å². The third-order valence-electron chi connectivity index (χ3n) is 6.72. The largest absolute Gasteiger partial charge is 0.444 e. The number of nitrogens with zero attached hydrogens (tertiary/aromatic N) is 1. The summed E-state index contributed by atoms with van der Waals surface area (Å²) in [5, 5.41) is 7.63. The Kier molecular flexibility index (Phi) is 10.7. The lowest BCUT2D eigenvalue weighted by Gasteiger charge is -2.35. The van der Waals surface area contributed by atoms with Gasteiger partial charge in [0.1, 0.15) is 17.7 Å². The molecule has 3 rings (SSSR count). The third-order valence-corrected chi connectivity index (χ3v) is 6.72. The zero-order valence-electron chi connectivity index (χ0n) is 25.3. The molecule has 0 saturated carbocycles. The maximum Gasteiger partial charge on any atom is 0.408 e. The molecule has 0 saturated heterocycles. The molecule has 9 nitrogen and oxygen atoms in total. The van der Waals surface area contributed by atoms with Gasteiger partial charge in [-0.3, -0.25) is 14.4 Å². The Balaban J connectivity index is 2.05. The predicted molar refractivity (Wildman–Crippen MR) is 165 cm³/mol. The van der Waals surface area contributed by atoms with Crippen LogP contribution in [0.2, 0.25) is 0 Å². The lowest BCUT2D eigenvalue weighted by atomic mass is 9.95. The summed E-state index contributed by atoms with van der Waals surface area (Å²) in [6, 6.07) is 17.1. The van der Waals surface area contributed by atoms with Gasteiger partial charge in [0.2, 0.25) is 11.8 Å². The van der Waals surface area contributed by atoms with E-state index in [-0.39, 0.29) is 19.4 Å². The van der Waals surface area contributed by atoms with E-state index >= 15 is 0 Å². The Hall–Kier alpha value is -4.40. The molecule has 0 spiro atoms. The molecule has 0 bridgehead atoms. The first-order valence-corrected chi connectivity index (χ1v) is 14.2. The van der Waals surface area contributed by atoms with E-state index in [1.807, 2.05) is 81.4 Å². The Bertz CT molecular complexity index is 1450. The van der Waals surface area contributed by atoms with Crippen LogP contribution >= 0.6 is 0 Å². The van der Waals surface area contributed by atoms with E-state index in [9.17, 15) is 19.2 Å². The average molecular weight is 575 g/mol. The normalized spacial score (nSPS) is 12.7. The fourth-order valence-corrected chi connectivity index (χ4v) is 4.78. The van der Waals surface area contributed by atoms with Crippen LogP contribution in [0.15, 0.2) is 60.7 Å². The Morgan fingerprint density at radius 2 is 1.64 bits per heavy atom. The van der Waals surface area contributed by atoms with Crippen molar-refractivity contribution in [1.29, 1.82) is 0 Å². The molecule has 0 aliphatic rings. The maximum atomic E-state index is 14.2. The van der Waals surface area contributed by atoms with Crippen molar-refractivity contribution in [2.45, 2.75) is 78.5 Å². The fourth-order valence-electron chi connectivity index (χ4n) is 4.78. The number of rotatable bonds is 11. The van der Waals surface area contributed by atoms with Crippen molar-refractivity contribution in [2.24, 2.45) is 5.73 Å². The summed E-state index contributed by atoms with van der Waals surface area (Å²) in [6.45, 7) is 11.1. The van der Waals surface area contributed by atoms with Crippen LogP contribution in [0, 0.1) is 13.8 Å². The molecule has 0 aliphatic carbocycles. The molecule has 0 fully saturated rings. The quantitative estimate of drug-likeness (QED) is 0.277. The number of hydrogen-bond donors (Lipinski definition) is 3. The standard InChI is InChI=1S/C33H42N4O5/c1-7-18-37(31(40)27(16-17-28(34)38)36-32(41)42-33(4,5)6)29(26-19-21(2)12-13-22(26)3)30(39)35-25-15-14-23-10-8-9-11-24(23)20-25/h8-15,19-20,27,29H,7,16-18H2,1-6H3,(H2,34,38)(H,35,39)(H,36,41). The van der Waals surface area contributed by atoms with Crippen LogP contribution in [0.5, 0.6) is 0 Å². The second-order valence-electron chi connectivity index (χ2n) is 11.5. The number of anilines is 1. The summed E-state index contributed by atoms with van der Waals surface area (Å²) >= 11 is 0. The minimum absolute atomic E-state index is 0.0422. The topological polar surface area (TPSA) is 131 Å². The Morgan fingerprint density at radius 3 is 2.29 bits per heavy atom. The zero-order valence-corrected chi connectivity index (χ0v) is 25.3. The number of nitrogens with one attached hydrogen (secondary N) is 2. The zero-order chi connectivity index (χ0) is 31.0. The first kappa shape index (κ1) is 32.1. The minimum Gasteiger partial charge on any atom is -0.444 e. The van der Waals surface area contributed by atoms with Crippen molar-refractivity contribution in [2.75, 3.05) is 11.9 Å². The van der Waals surface area contributed by atoms with Gasteiger partial charge in [-0.1, -0.05) is 61.0 Å². The van der Waals surface area contributed by atoms with Crippen molar-refractivity contribution in [3.8, 4) is 0 Å². The first-order chi connectivity index (χ1) is 19.8. The SMILES string of the molecule is CCCN(C(=O)C(CCC(N)=O)NC(=O)OC(C)(C)C)C(C(=O)Nc1ccc2ccccc2c1)c1cc(C)ccc1C. The van der Waals surface area contributed by atoms with E-state index in [0.29, 0.717) is 17.7 Å². The average Bonchev–Trinajstić information content (AvgIpc) is 2.91. The number of ether oxygens (including phenoxy) is 1. The van der Waals surface area contributed by atoms with Gasteiger partial charge in [0, 0.05) is 18.7 Å². The highest BCUT2D eigenvalue weighted by atomic mass is 16.6. The Morgan fingerprint density at radius 1 is 0.952 bits per heavy atom. The fraction of sp³-hybridized carbons (Fsp3) is 0.394. The molecule has 2 atom stereocenters. The van der Waals surface area contributed by atoms with Gasteiger partial charge >= 0.3 is 6.09 Å². The van der Waals surface area contributed by atoms with Crippen LogP contribution < -0.4 is 16.4 Å². The van der Waals surface area contributed by atoms with Gasteiger partial charge in [0.15, 0.2) is 0 Å². The molecule has 9 heteroatoms. The second-order valence-corrected chi connectivity index (χ2v) is 11.5. The first-order valence-electron chi connectivity index (χ1n) is 14.2. The van der Waals surface area contributed by atoms with Crippen LogP contribution in [0.1, 0.15) is 69.7 Å². The van der Waals surface area contributed by atoms with Crippen LogP contribution in [0.4, 0.5) is 10.5 Å². The molecule has 4 amide bonds. The molecule has 3 aromatic carbocycles. The van der Waals surface area contributed by atoms with Crippen molar-refractivity contribution >= 4 is 40.3 Å². The number of aryl methyl sites for hydroxylation is 2. The lowest BCUT2D eigenvalue weighted by molar-refractivity contribution is -0.141. The molecule has 0 heterocycles. The molecular formula is C33H42N4O5. The number of alkyl carbamates (subject to hydrolysis) is 1. The van der Waals surface area contributed by atoms with Gasteiger partial charge in [0.05, 0.1) is 0 Å². The number of hydrogen-bond acceptors (Lipinski definition) is 5. The molecule has 224 valence electrons. The number of benzene rings is 3. The highest BCUT2D eigenvalue weighted by Gasteiger charge is 2.36. The van der Waals surface area contributed by atoms with Gasteiger partial charge in [-0.05, 0) is 81.5 Å². The summed E-state index contributed by atoms with van der Waals surface area (Å²) in [6.07, 6.45) is -0.431. The number of fused-ring (bicyclic) bond motifs is 1. The van der Waals surface area contributed by atoms with Gasteiger partial charge in [-0.25, -0.2) is 4.79 Å². The summed E-state index contributed by atoms with van der Waals surface area (Å²) in [7, 11) is 0. The molecule has 3 aromatic rings. The Labute approximate surface area is 247 Å². The van der Waals surface area contributed by atoms with Gasteiger partial charge in [0.25, 0.3) is 5.91 Å². The van der Waals surface area contributed by atoms with Crippen molar-refractivity contribution in [1.82, 2.24) is 10.2 Å². The van der Waals surface area contributed by atoms with Crippen LogP contribution in [-0.4, -0.2) is 46.9 Å². The summed E-state index contributed by atoms with van der Waals surface area (Å²) in [5.41, 5.74) is 7.62. The number of amides is 4. The number of nitrogens with two attached hydrogens (primary N) is 1. The van der Waals surface area contributed by atoms with Crippen LogP contribution in [0.3, 0.4) is 0 Å². The maximum absolute atomic E-state index is 14.2. The van der Waals surface area contributed by atoms with Gasteiger partial charge < -0.3 is 26.0 Å². The smallest absolute Gasteiger partial charge is 0.408 e. The van der Waals surface area contributed by atoms with E-state index in [1.165, 1.54) is 4.90 Å². The highest BCUT2D eigenvalue weighted by Crippen LogP contribution is 2.29. The molecular weight excluding hydrogens is 532 g/mol. The van der Waals surface area contributed by atoms with Crippen LogP contribution in [-0.2, 0) is 19.1 Å². The van der Waals surface area contributed by atoms with E-state index in [4.69, 9.17) is 10.5 Å². The predicted octanol–water partition coefficient (Wildman–Crippen LogP) is 5.53. The molecule has 42 heavy (non-hydrogen) atoms. The highest BCUT2D eigenvalue weighted by molar-refractivity contribution is 6.00. The van der Waals surface area contributed by atoms with E-state index in [0.717, 1.165) is 21.9 Å². The second kappa shape index (κ2) is 14.0. The summed E-state index contributed by atoms with van der Waals surface area (Å²) < 4.78 is 5.39. The van der Waals surface area contributed by atoms with Gasteiger partial charge in [-0.2, -0.15) is 0 Å². The van der Waals surface area contributed by atoms with E-state index in [1.54, 1.807) is 20.8 Å². The molecule has 4 N–H and O–H groups in total. The van der Waals surface area contributed by atoms with Crippen molar-refractivity contribution in [3.05, 3.63) is 77.4 Å². The third kappa shape index (κ3) is 8.80. The lowest BCUT2D eigenvalue weighted by Crippen LogP contribution is -2.53. The molecule has 0 aliphatic heterocycles. The molecule has 0 aromatic heterocycles. The van der Waals surface area contributed by atoms with Crippen LogP contribution in [0.25, 0.3) is 10.8 Å². The molecule has 0 radical (unpaired) electrons. The summed E-state index contributed by atoms with van der Waals surface area (Å²) in [4.78, 5) is 54.2. The number of carbonyl (C=O) groups excluding carboxylic acids is 4. The van der Waals surface area contributed by atoms with Gasteiger partial charge in [-0.15, -0.1) is 0 Å². The minimum atomic E-state index is -1.14. The number of carbonyl (C=O) groups is 4. The van der Waals surface area contributed by atoms with Crippen molar-refractivity contribution < 1.29 is 23.9 Å². The molecule has 2 unspecified atom stereocenters. The van der Waals surface area contributed by atoms with E-state index in [2.05, 4.69) is 10.6 Å².